The van der Waals surface area contributed by atoms with E-state index in [0.29, 0.717) is 23.5 Å². The Bertz CT molecular complexity index is 868. The van der Waals surface area contributed by atoms with E-state index in [-0.39, 0.29) is 11.7 Å². The lowest BCUT2D eigenvalue weighted by molar-refractivity contribution is 0.0949. The summed E-state index contributed by atoms with van der Waals surface area (Å²) in [6.45, 7) is 0.292. The van der Waals surface area contributed by atoms with Gasteiger partial charge in [-0.2, -0.15) is 0 Å². The molecule has 0 bridgehead atoms. The van der Waals surface area contributed by atoms with Crippen molar-refractivity contribution in [3.05, 3.63) is 81.6 Å². The number of amides is 1. The van der Waals surface area contributed by atoms with Crippen LogP contribution in [0.1, 0.15) is 16.1 Å². The summed E-state index contributed by atoms with van der Waals surface area (Å²) in [5, 5.41) is 2.85. The highest BCUT2D eigenvalue weighted by Crippen LogP contribution is 2.17. The first kappa shape index (κ1) is 16.5. The van der Waals surface area contributed by atoms with Crippen molar-refractivity contribution in [2.24, 2.45) is 0 Å². The van der Waals surface area contributed by atoms with Crippen LogP contribution >= 0.6 is 22.6 Å². The van der Waals surface area contributed by atoms with Crippen molar-refractivity contribution in [2.75, 3.05) is 0 Å². The Morgan fingerprint density at radius 2 is 1.83 bits per heavy atom. The van der Waals surface area contributed by atoms with Crippen molar-refractivity contribution in [3.63, 3.8) is 0 Å². The van der Waals surface area contributed by atoms with Crippen molar-refractivity contribution in [2.45, 2.75) is 6.54 Å². The standard InChI is InChI=1S/C18H13FIN3O/c19-13-7-5-12(6-8-13)17-9-14(22-11-23-17)10-21-18(24)15-3-1-2-4-16(15)20/h1-9,11H,10H2,(H,21,24). The molecular formula is C18H13FIN3O. The smallest absolute Gasteiger partial charge is 0.252 e. The molecule has 4 nitrogen and oxygen atoms in total. The van der Waals surface area contributed by atoms with Crippen molar-refractivity contribution >= 4 is 28.5 Å². The Kier molecular flexibility index (Phi) is 5.14. The maximum atomic E-state index is 13.0. The third-order valence-electron chi connectivity index (χ3n) is 3.41. The van der Waals surface area contributed by atoms with E-state index < -0.39 is 0 Å². The van der Waals surface area contributed by atoms with E-state index in [1.54, 1.807) is 24.3 Å². The topological polar surface area (TPSA) is 54.9 Å². The van der Waals surface area contributed by atoms with Gasteiger partial charge < -0.3 is 5.32 Å². The molecule has 1 aromatic heterocycles. The van der Waals surface area contributed by atoms with Crippen LogP contribution in [0.4, 0.5) is 4.39 Å². The number of carbonyl (C=O) groups is 1. The molecule has 0 fully saturated rings. The lowest BCUT2D eigenvalue weighted by Gasteiger charge is -2.07. The summed E-state index contributed by atoms with van der Waals surface area (Å²) in [6, 6.07) is 15.2. The van der Waals surface area contributed by atoms with Gasteiger partial charge in [0.2, 0.25) is 0 Å². The summed E-state index contributed by atoms with van der Waals surface area (Å²) in [5.41, 5.74) is 2.79. The molecule has 24 heavy (non-hydrogen) atoms. The van der Waals surface area contributed by atoms with E-state index in [1.165, 1.54) is 18.5 Å². The zero-order chi connectivity index (χ0) is 16.9. The molecule has 0 spiro atoms. The molecule has 3 aromatic rings. The second-order valence-electron chi connectivity index (χ2n) is 5.06. The highest BCUT2D eigenvalue weighted by Gasteiger charge is 2.09. The predicted molar refractivity (Wildman–Crippen MR) is 97.8 cm³/mol. The Balaban J connectivity index is 1.72. The van der Waals surface area contributed by atoms with Crippen LogP contribution in [0.25, 0.3) is 11.3 Å². The van der Waals surface area contributed by atoms with Crippen LogP contribution in [0.3, 0.4) is 0 Å². The molecule has 1 N–H and O–H groups in total. The van der Waals surface area contributed by atoms with Crippen molar-refractivity contribution in [3.8, 4) is 11.3 Å². The Morgan fingerprint density at radius 3 is 2.58 bits per heavy atom. The van der Waals surface area contributed by atoms with E-state index in [4.69, 9.17) is 0 Å². The number of rotatable bonds is 4. The zero-order valence-electron chi connectivity index (χ0n) is 12.5. The van der Waals surface area contributed by atoms with E-state index in [9.17, 15) is 9.18 Å². The second kappa shape index (κ2) is 7.48. The van der Waals surface area contributed by atoms with E-state index in [2.05, 4.69) is 37.9 Å². The average molecular weight is 433 g/mol. The highest BCUT2D eigenvalue weighted by molar-refractivity contribution is 14.1. The monoisotopic (exact) mass is 433 g/mol. The summed E-state index contributed by atoms with van der Waals surface area (Å²) < 4.78 is 13.9. The highest BCUT2D eigenvalue weighted by atomic mass is 127. The molecule has 1 amide bonds. The van der Waals surface area contributed by atoms with E-state index in [0.717, 1.165) is 9.13 Å². The van der Waals surface area contributed by atoms with Crippen LogP contribution in [0.2, 0.25) is 0 Å². The van der Waals surface area contributed by atoms with Crippen molar-refractivity contribution in [1.82, 2.24) is 15.3 Å². The largest absolute Gasteiger partial charge is 0.346 e. The number of hydrogen-bond donors (Lipinski definition) is 1. The van der Waals surface area contributed by atoms with E-state index in [1.807, 2.05) is 18.2 Å². The summed E-state index contributed by atoms with van der Waals surface area (Å²) in [6.07, 6.45) is 1.44. The number of benzene rings is 2. The molecule has 0 saturated heterocycles. The van der Waals surface area contributed by atoms with Crippen molar-refractivity contribution in [1.29, 1.82) is 0 Å². The SMILES string of the molecule is O=C(NCc1cc(-c2ccc(F)cc2)ncn1)c1ccccc1I. The molecular weight excluding hydrogens is 420 g/mol. The predicted octanol–water partition coefficient (Wildman–Crippen LogP) is 3.82. The minimum Gasteiger partial charge on any atom is -0.346 e. The Labute approximate surface area is 152 Å². The molecule has 0 unspecified atom stereocenters. The first-order valence-corrected chi connectivity index (χ1v) is 8.31. The number of aromatic nitrogens is 2. The summed E-state index contributed by atoms with van der Waals surface area (Å²) in [4.78, 5) is 20.6. The molecule has 0 saturated carbocycles. The van der Waals surface area contributed by atoms with Crippen LogP contribution in [-0.2, 0) is 6.54 Å². The molecule has 0 aliphatic heterocycles. The Morgan fingerprint density at radius 1 is 1.08 bits per heavy atom. The van der Waals surface area contributed by atoms with Gasteiger partial charge in [0.1, 0.15) is 12.1 Å². The lowest BCUT2D eigenvalue weighted by atomic mass is 10.1. The van der Waals surface area contributed by atoms with Gasteiger partial charge in [0.25, 0.3) is 5.91 Å². The molecule has 0 aliphatic rings. The van der Waals surface area contributed by atoms with Gasteiger partial charge in [0.05, 0.1) is 23.5 Å². The van der Waals surface area contributed by atoms with E-state index >= 15 is 0 Å². The summed E-state index contributed by atoms with van der Waals surface area (Å²) in [5.74, 6) is -0.445. The van der Waals surface area contributed by atoms with Crippen LogP contribution in [0.5, 0.6) is 0 Å². The average Bonchev–Trinajstić information content (AvgIpc) is 2.61. The minimum atomic E-state index is -0.294. The quantitative estimate of drug-likeness (QED) is 0.637. The van der Waals surface area contributed by atoms with Crippen molar-refractivity contribution < 1.29 is 9.18 Å². The normalized spacial score (nSPS) is 10.4. The maximum absolute atomic E-state index is 13.0. The third kappa shape index (κ3) is 3.94. The van der Waals surface area contributed by atoms with Crippen LogP contribution < -0.4 is 5.32 Å². The fraction of sp³-hybridized carbons (Fsp3) is 0.0556. The first-order valence-electron chi connectivity index (χ1n) is 7.23. The van der Waals surface area contributed by atoms with Gasteiger partial charge in [0, 0.05) is 9.13 Å². The van der Waals surface area contributed by atoms with Gasteiger partial charge in [-0.25, -0.2) is 14.4 Å². The molecule has 2 aromatic carbocycles. The zero-order valence-corrected chi connectivity index (χ0v) is 14.7. The molecule has 6 heteroatoms. The van der Waals surface area contributed by atoms with Crippen LogP contribution in [0, 0.1) is 9.39 Å². The molecule has 1 heterocycles. The summed E-state index contributed by atoms with van der Waals surface area (Å²) >= 11 is 2.13. The van der Waals surface area contributed by atoms with Gasteiger partial charge in [-0.05, 0) is 65.1 Å². The summed E-state index contributed by atoms with van der Waals surface area (Å²) in [7, 11) is 0. The lowest BCUT2D eigenvalue weighted by Crippen LogP contribution is -2.24. The molecule has 0 radical (unpaired) electrons. The number of halogens is 2. The molecule has 3 rings (SSSR count). The second-order valence-corrected chi connectivity index (χ2v) is 6.23. The van der Waals surface area contributed by atoms with Gasteiger partial charge in [-0.1, -0.05) is 12.1 Å². The molecule has 120 valence electrons. The maximum Gasteiger partial charge on any atom is 0.252 e. The minimum absolute atomic E-state index is 0.151. The number of nitrogens with zero attached hydrogens (tertiary/aromatic N) is 2. The number of hydrogen-bond acceptors (Lipinski definition) is 3. The molecule has 0 aliphatic carbocycles. The first-order chi connectivity index (χ1) is 11.6. The third-order valence-corrected chi connectivity index (χ3v) is 4.35. The van der Waals surface area contributed by atoms with Gasteiger partial charge in [0.15, 0.2) is 0 Å². The Hall–Kier alpha value is -2.35. The number of nitrogens with one attached hydrogen (secondary N) is 1. The van der Waals surface area contributed by atoms with Crippen LogP contribution in [-0.4, -0.2) is 15.9 Å². The number of carbonyl (C=O) groups excluding carboxylic acids is 1. The van der Waals surface area contributed by atoms with Gasteiger partial charge in [-0.15, -0.1) is 0 Å². The molecule has 0 atom stereocenters. The fourth-order valence-electron chi connectivity index (χ4n) is 2.18. The van der Waals surface area contributed by atoms with Gasteiger partial charge in [-0.3, -0.25) is 4.79 Å². The fourth-order valence-corrected chi connectivity index (χ4v) is 2.82. The van der Waals surface area contributed by atoms with Crippen LogP contribution in [0.15, 0.2) is 60.9 Å². The van der Waals surface area contributed by atoms with Gasteiger partial charge >= 0.3 is 0 Å².